The summed E-state index contributed by atoms with van der Waals surface area (Å²) < 4.78 is 42.9. The van der Waals surface area contributed by atoms with Gasteiger partial charge in [-0.1, -0.05) is 6.07 Å². The minimum Gasteiger partial charge on any atom is -0.464 e. The molecule has 1 amide bonds. The molecule has 26 heavy (non-hydrogen) atoms. The predicted octanol–water partition coefficient (Wildman–Crippen LogP) is 2.93. The number of ether oxygens (including phenoxy) is 1. The first-order valence-electron chi connectivity index (χ1n) is 8.48. The number of carbonyl (C=O) groups is 2. The molecule has 1 aromatic rings. The minimum atomic E-state index is -4.85. The molecule has 1 aromatic carbocycles. The lowest BCUT2D eigenvalue weighted by atomic mass is 10.0. The summed E-state index contributed by atoms with van der Waals surface area (Å²) in [6.45, 7) is 5.44. The summed E-state index contributed by atoms with van der Waals surface area (Å²) in [6, 6.07) is 5.42. The number of nitrogens with zero attached hydrogens (tertiary/aromatic N) is 1. The summed E-state index contributed by atoms with van der Waals surface area (Å²) in [4.78, 5) is 24.3. The summed E-state index contributed by atoms with van der Waals surface area (Å²) in [7, 11) is 0. The molecule has 0 aromatic heterocycles. The Morgan fingerprint density at radius 2 is 1.77 bits per heavy atom. The van der Waals surface area contributed by atoms with Crippen LogP contribution in [0.5, 0.6) is 0 Å². The fourth-order valence-electron chi connectivity index (χ4n) is 2.91. The number of rotatable bonds is 4. The topological polar surface area (TPSA) is 58.6 Å². The number of esters is 1. The molecule has 0 saturated heterocycles. The van der Waals surface area contributed by atoms with Crippen LogP contribution in [0, 0.1) is 0 Å². The number of carbonyl (C=O) groups excluding carboxylic acids is 2. The van der Waals surface area contributed by atoms with Crippen molar-refractivity contribution >= 4 is 17.6 Å². The number of fused-ring (bicyclic) bond motifs is 1. The number of halogens is 3. The third kappa shape index (κ3) is 4.68. The molecule has 2 rings (SSSR count). The lowest BCUT2D eigenvalue weighted by Gasteiger charge is -2.25. The Kier molecular flexibility index (Phi) is 5.83. The van der Waals surface area contributed by atoms with Crippen molar-refractivity contribution in [1.82, 2.24) is 4.90 Å². The van der Waals surface area contributed by atoms with Crippen molar-refractivity contribution in [3.63, 3.8) is 0 Å². The minimum absolute atomic E-state index is 0.00999. The normalized spacial score (nSPS) is 15.1. The number of benzene rings is 1. The highest BCUT2D eigenvalue weighted by Crippen LogP contribution is 2.25. The average Bonchev–Trinajstić information content (AvgIpc) is 2.75. The highest BCUT2D eigenvalue weighted by molar-refractivity contribution is 5.83. The Labute approximate surface area is 150 Å². The molecular weight excluding hydrogens is 349 g/mol. The van der Waals surface area contributed by atoms with Crippen LogP contribution in [-0.2, 0) is 27.2 Å². The van der Waals surface area contributed by atoms with Gasteiger partial charge in [0.1, 0.15) is 5.54 Å². The molecule has 0 bridgehead atoms. The highest BCUT2D eigenvalue weighted by atomic mass is 19.4. The zero-order valence-corrected chi connectivity index (χ0v) is 15.1. The van der Waals surface area contributed by atoms with Crippen LogP contribution in [-0.4, -0.2) is 48.2 Å². The quantitative estimate of drug-likeness (QED) is 0.826. The maximum Gasteiger partial charge on any atom is 0.471 e. The SMILES string of the molecule is CCOC(=O)C(C)(C)Nc1ccc2c(c1)CCN(C(=O)C(F)(F)F)CC2. The molecule has 5 nitrogen and oxygen atoms in total. The smallest absolute Gasteiger partial charge is 0.464 e. The van der Waals surface area contributed by atoms with Gasteiger partial charge >= 0.3 is 18.1 Å². The monoisotopic (exact) mass is 372 g/mol. The van der Waals surface area contributed by atoms with Crippen LogP contribution >= 0.6 is 0 Å². The van der Waals surface area contributed by atoms with E-state index in [9.17, 15) is 22.8 Å². The Morgan fingerprint density at radius 1 is 1.15 bits per heavy atom. The second-order valence-corrected chi connectivity index (χ2v) is 6.74. The van der Waals surface area contributed by atoms with E-state index in [4.69, 9.17) is 4.74 Å². The Bertz CT molecular complexity index is 687. The number of anilines is 1. The van der Waals surface area contributed by atoms with Gasteiger partial charge in [-0.15, -0.1) is 0 Å². The van der Waals surface area contributed by atoms with E-state index >= 15 is 0 Å². The van der Waals surface area contributed by atoms with Gasteiger partial charge in [0, 0.05) is 18.8 Å². The molecular formula is C18H23F3N2O3. The first kappa shape index (κ1) is 20.1. The van der Waals surface area contributed by atoms with Gasteiger partial charge in [-0.3, -0.25) is 4.79 Å². The molecule has 0 aliphatic carbocycles. The first-order chi connectivity index (χ1) is 12.0. The van der Waals surface area contributed by atoms with Gasteiger partial charge < -0.3 is 15.0 Å². The largest absolute Gasteiger partial charge is 0.471 e. The fourth-order valence-corrected chi connectivity index (χ4v) is 2.91. The van der Waals surface area contributed by atoms with Gasteiger partial charge in [-0.25, -0.2) is 4.79 Å². The second-order valence-electron chi connectivity index (χ2n) is 6.74. The molecule has 0 unspecified atom stereocenters. The fraction of sp³-hybridized carbons (Fsp3) is 0.556. The average molecular weight is 372 g/mol. The molecule has 1 aliphatic rings. The van der Waals surface area contributed by atoms with E-state index in [0.29, 0.717) is 18.5 Å². The van der Waals surface area contributed by atoms with Gasteiger partial charge in [0.2, 0.25) is 0 Å². The van der Waals surface area contributed by atoms with Gasteiger partial charge in [0.15, 0.2) is 0 Å². The summed E-state index contributed by atoms with van der Waals surface area (Å²) in [6.07, 6.45) is -4.17. The van der Waals surface area contributed by atoms with Crippen molar-refractivity contribution in [3.8, 4) is 0 Å². The van der Waals surface area contributed by atoms with Crippen molar-refractivity contribution in [1.29, 1.82) is 0 Å². The van der Waals surface area contributed by atoms with E-state index in [-0.39, 0.29) is 19.7 Å². The van der Waals surface area contributed by atoms with Crippen molar-refractivity contribution in [3.05, 3.63) is 29.3 Å². The first-order valence-corrected chi connectivity index (χ1v) is 8.48. The lowest BCUT2D eigenvalue weighted by molar-refractivity contribution is -0.185. The molecule has 0 spiro atoms. The van der Waals surface area contributed by atoms with E-state index in [1.54, 1.807) is 26.8 Å². The zero-order chi connectivity index (χ0) is 19.5. The number of hydrogen-bond donors (Lipinski definition) is 1. The van der Waals surface area contributed by atoms with E-state index in [0.717, 1.165) is 16.0 Å². The number of nitrogens with one attached hydrogen (secondary N) is 1. The molecule has 1 aliphatic heterocycles. The third-order valence-electron chi connectivity index (χ3n) is 4.28. The van der Waals surface area contributed by atoms with Crippen LogP contribution in [0.3, 0.4) is 0 Å². The number of alkyl halides is 3. The van der Waals surface area contributed by atoms with Crippen LogP contribution in [0.15, 0.2) is 18.2 Å². The molecule has 1 N–H and O–H groups in total. The molecule has 8 heteroatoms. The molecule has 0 saturated carbocycles. The maximum absolute atomic E-state index is 12.6. The number of hydrogen-bond acceptors (Lipinski definition) is 4. The van der Waals surface area contributed by atoms with Crippen molar-refractivity contribution in [2.75, 3.05) is 25.0 Å². The third-order valence-corrected chi connectivity index (χ3v) is 4.28. The van der Waals surface area contributed by atoms with Crippen molar-refractivity contribution < 1.29 is 27.5 Å². The summed E-state index contributed by atoms with van der Waals surface area (Å²) in [5.74, 6) is -2.19. The second kappa shape index (κ2) is 7.55. The van der Waals surface area contributed by atoms with E-state index in [1.165, 1.54) is 0 Å². The zero-order valence-electron chi connectivity index (χ0n) is 15.1. The molecule has 0 fully saturated rings. The molecule has 144 valence electrons. The van der Waals surface area contributed by atoms with E-state index in [1.807, 2.05) is 12.1 Å². The van der Waals surface area contributed by atoms with Crippen molar-refractivity contribution in [2.45, 2.75) is 45.3 Å². The van der Waals surface area contributed by atoms with Gasteiger partial charge in [0.25, 0.3) is 0 Å². The van der Waals surface area contributed by atoms with E-state index < -0.39 is 23.6 Å². The summed E-state index contributed by atoms with van der Waals surface area (Å²) >= 11 is 0. The Morgan fingerprint density at radius 3 is 2.35 bits per heavy atom. The highest BCUT2D eigenvalue weighted by Gasteiger charge is 2.42. The Hall–Kier alpha value is -2.25. The summed E-state index contributed by atoms with van der Waals surface area (Å²) in [5, 5.41) is 3.10. The van der Waals surface area contributed by atoms with Crippen LogP contribution < -0.4 is 5.32 Å². The van der Waals surface area contributed by atoms with Gasteiger partial charge in [0.05, 0.1) is 6.61 Å². The van der Waals surface area contributed by atoms with Gasteiger partial charge in [-0.2, -0.15) is 13.2 Å². The van der Waals surface area contributed by atoms with Crippen LogP contribution in [0.25, 0.3) is 0 Å². The maximum atomic E-state index is 12.6. The number of amides is 1. The van der Waals surface area contributed by atoms with Crippen LogP contribution in [0.4, 0.5) is 18.9 Å². The standard InChI is InChI=1S/C18H23F3N2O3/c1-4-26-16(25)17(2,3)22-14-6-5-12-7-9-23(10-8-13(12)11-14)15(24)18(19,20)21/h5-6,11,22H,4,7-10H2,1-3H3. The van der Waals surface area contributed by atoms with Crippen LogP contribution in [0.1, 0.15) is 31.9 Å². The van der Waals surface area contributed by atoms with Crippen LogP contribution in [0.2, 0.25) is 0 Å². The van der Waals surface area contributed by atoms with E-state index in [2.05, 4.69) is 5.32 Å². The summed E-state index contributed by atoms with van der Waals surface area (Å²) in [5.41, 5.74) is 1.51. The molecule has 0 atom stereocenters. The Balaban J connectivity index is 2.12. The molecule has 0 radical (unpaired) electrons. The lowest BCUT2D eigenvalue weighted by Crippen LogP contribution is -2.42. The molecule has 1 heterocycles. The van der Waals surface area contributed by atoms with Gasteiger partial charge in [-0.05, 0) is 56.9 Å². The predicted molar refractivity (Wildman–Crippen MR) is 90.8 cm³/mol. The van der Waals surface area contributed by atoms with Crippen molar-refractivity contribution in [2.24, 2.45) is 0 Å².